The number of para-hydroxylation sites is 1. The first kappa shape index (κ1) is 15.5. The molecule has 1 aromatic heterocycles. The van der Waals surface area contributed by atoms with Crippen molar-refractivity contribution in [3.05, 3.63) is 63.1 Å². The molecule has 0 bridgehead atoms. The Morgan fingerprint density at radius 3 is 2.92 bits per heavy atom. The summed E-state index contributed by atoms with van der Waals surface area (Å²) in [6.45, 7) is 0.813. The van der Waals surface area contributed by atoms with Crippen LogP contribution in [-0.2, 0) is 0 Å². The molecule has 1 aliphatic rings. The van der Waals surface area contributed by atoms with Gasteiger partial charge in [0.05, 0.1) is 32.4 Å². The van der Waals surface area contributed by atoms with Gasteiger partial charge in [-0.1, -0.05) is 12.1 Å². The van der Waals surface area contributed by atoms with Crippen LogP contribution in [0.5, 0.6) is 0 Å². The van der Waals surface area contributed by atoms with E-state index in [4.69, 9.17) is 4.98 Å². The molecular formula is C18H14N4O2S. The van der Waals surface area contributed by atoms with E-state index in [1.54, 1.807) is 17.4 Å². The molecule has 6 nitrogen and oxygen atoms in total. The largest absolute Gasteiger partial charge is 0.361 e. The lowest BCUT2D eigenvalue weighted by atomic mass is 10.1. The van der Waals surface area contributed by atoms with Gasteiger partial charge in [-0.25, -0.2) is 4.98 Å². The molecule has 0 spiro atoms. The van der Waals surface area contributed by atoms with Gasteiger partial charge in [0.1, 0.15) is 11.1 Å². The standard InChI is InChI=1S/C18H14N4O2S/c19-11-12-10-13(22(23)24)7-8-15(12)21-9-3-5-16(21)18-20-14-4-1-2-6-17(14)25-18/h1-2,4,6-8,10,16H,3,5,9H2. The Hall–Kier alpha value is -2.98. The van der Waals surface area contributed by atoms with E-state index in [1.807, 2.05) is 18.2 Å². The molecule has 0 aliphatic carbocycles. The summed E-state index contributed by atoms with van der Waals surface area (Å²) in [6.07, 6.45) is 1.96. The van der Waals surface area contributed by atoms with Crippen molar-refractivity contribution >= 4 is 32.9 Å². The number of nitrogens with zero attached hydrogens (tertiary/aromatic N) is 4. The Morgan fingerprint density at radius 1 is 1.32 bits per heavy atom. The highest BCUT2D eigenvalue weighted by atomic mass is 32.1. The summed E-state index contributed by atoms with van der Waals surface area (Å²) >= 11 is 1.67. The number of hydrogen-bond donors (Lipinski definition) is 0. The monoisotopic (exact) mass is 350 g/mol. The third-order valence-electron chi connectivity index (χ3n) is 4.47. The van der Waals surface area contributed by atoms with Crippen LogP contribution in [-0.4, -0.2) is 16.5 Å². The molecule has 25 heavy (non-hydrogen) atoms. The molecule has 124 valence electrons. The van der Waals surface area contributed by atoms with E-state index in [9.17, 15) is 15.4 Å². The van der Waals surface area contributed by atoms with Gasteiger partial charge in [0.15, 0.2) is 0 Å². The summed E-state index contributed by atoms with van der Waals surface area (Å²) < 4.78 is 1.15. The van der Waals surface area contributed by atoms with E-state index < -0.39 is 4.92 Å². The van der Waals surface area contributed by atoms with Gasteiger partial charge >= 0.3 is 0 Å². The molecule has 3 aromatic rings. The highest BCUT2D eigenvalue weighted by Crippen LogP contribution is 2.40. The summed E-state index contributed by atoms with van der Waals surface area (Å²) in [6, 6.07) is 14.7. The van der Waals surface area contributed by atoms with Crippen LogP contribution < -0.4 is 4.90 Å². The Morgan fingerprint density at radius 2 is 2.16 bits per heavy atom. The van der Waals surface area contributed by atoms with Crippen LogP contribution in [0.25, 0.3) is 10.2 Å². The molecule has 4 rings (SSSR count). The lowest BCUT2D eigenvalue weighted by Gasteiger charge is -2.26. The van der Waals surface area contributed by atoms with Gasteiger partial charge in [-0.2, -0.15) is 5.26 Å². The van der Waals surface area contributed by atoms with E-state index >= 15 is 0 Å². The Bertz CT molecular complexity index is 975. The summed E-state index contributed by atoms with van der Waals surface area (Å²) in [4.78, 5) is 17.4. The molecule has 1 fully saturated rings. The summed E-state index contributed by atoms with van der Waals surface area (Å²) in [7, 11) is 0. The second-order valence-electron chi connectivity index (χ2n) is 5.94. The van der Waals surface area contributed by atoms with Crippen LogP contribution in [0.1, 0.15) is 29.5 Å². The average molecular weight is 350 g/mol. The topological polar surface area (TPSA) is 83.1 Å². The van der Waals surface area contributed by atoms with Gasteiger partial charge in [-0.3, -0.25) is 10.1 Å². The molecule has 1 unspecified atom stereocenters. The summed E-state index contributed by atoms with van der Waals surface area (Å²) in [5.74, 6) is 0. The minimum absolute atomic E-state index is 0.0592. The molecule has 0 radical (unpaired) electrons. The number of benzene rings is 2. The van der Waals surface area contributed by atoms with E-state index in [-0.39, 0.29) is 11.7 Å². The Kier molecular flexibility index (Phi) is 3.82. The quantitative estimate of drug-likeness (QED) is 0.516. The number of aromatic nitrogens is 1. The first-order chi connectivity index (χ1) is 12.2. The van der Waals surface area contributed by atoms with Gasteiger partial charge in [0, 0.05) is 18.7 Å². The molecule has 0 amide bonds. The molecule has 1 aliphatic heterocycles. The summed E-state index contributed by atoms with van der Waals surface area (Å²) in [5.41, 5.74) is 2.01. The van der Waals surface area contributed by atoms with Gasteiger partial charge in [-0.15, -0.1) is 11.3 Å². The van der Waals surface area contributed by atoms with Crippen molar-refractivity contribution in [2.75, 3.05) is 11.4 Å². The second-order valence-corrected chi connectivity index (χ2v) is 7.00. The first-order valence-electron chi connectivity index (χ1n) is 7.98. The number of hydrogen-bond acceptors (Lipinski definition) is 6. The normalized spacial score (nSPS) is 16.9. The van der Waals surface area contributed by atoms with E-state index in [1.165, 1.54) is 12.1 Å². The van der Waals surface area contributed by atoms with Crippen LogP contribution >= 0.6 is 11.3 Å². The number of fused-ring (bicyclic) bond motifs is 1. The highest BCUT2D eigenvalue weighted by Gasteiger charge is 2.30. The van der Waals surface area contributed by atoms with Crippen molar-refractivity contribution in [2.24, 2.45) is 0 Å². The smallest absolute Gasteiger partial charge is 0.270 e. The zero-order valence-electron chi connectivity index (χ0n) is 13.3. The van der Waals surface area contributed by atoms with E-state index in [0.717, 1.165) is 40.3 Å². The summed E-state index contributed by atoms with van der Waals surface area (Å²) in [5, 5.41) is 21.4. The molecule has 7 heteroatoms. The predicted molar refractivity (Wildman–Crippen MR) is 96.8 cm³/mol. The third-order valence-corrected chi connectivity index (χ3v) is 5.61. The third kappa shape index (κ3) is 2.71. The SMILES string of the molecule is N#Cc1cc([N+](=O)[O-])ccc1N1CCCC1c1nc2ccccc2s1. The van der Waals surface area contributed by atoms with E-state index in [2.05, 4.69) is 17.0 Å². The number of nitro benzene ring substituents is 1. The van der Waals surface area contributed by atoms with Crippen molar-refractivity contribution in [3.8, 4) is 6.07 Å². The lowest BCUT2D eigenvalue weighted by Crippen LogP contribution is -2.23. The Balaban J connectivity index is 1.74. The zero-order chi connectivity index (χ0) is 17.4. The minimum Gasteiger partial charge on any atom is -0.361 e. The number of anilines is 1. The van der Waals surface area contributed by atoms with Gasteiger partial charge in [0.2, 0.25) is 0 Å². The van der Waals surface area contributed by atoms with Crippen molar-refractivity contribution in [3.63, 3.8) is 0 Å². The molecule has 2 aromatic carbocycles. The number of nitriles is 1. The van der Waals surface area contributed by atoms with Crippen LogP contribution in [0.15, 0.2) is 42.5 Å². The maximum absolute atomic E-state index is 11.0. The van der Waals surface area contributed by atoms with Crippen LogP contribution in [0.2, 0.25) is 0 Å². The molecule has 0 saturated carbocycles. The maximum Gasteiger partial charge on any atom is 0.270 e. The van der Waals surface area contributed by atoms with E-state index in [0.29, 0.717) is 5.56 Å². The van der Waals surface area contributed by atoms with Crippen molar-refractivity contribution in [1.29, 1.82) is 5.26 Å². The fourth-order valence-electron chi connectivity index (χ4n) is 3.32. The van der Waals surface area contributed by atoms with Crippen molar-refractivity contribution in [1.82, 2.24) is 4.98 Å². The lowest BCUT2D eigenvalue weighted by molar-refractivity contribution is -0.384. The first-order valence-corrected chi connectivity index (χ1v) is 8.79. The number of thiazole rings is 1. The number of nitro groups is 1. The molecule has 1 atom stereocenters. The maximum atomic E-state index is 11.0. The highest BCUT2D eigenvalue weighted by molar-refractivity contribution is 7.18. The number of rotatable bonds is 3. The van der Waals surface area contributed by atoms with Gasteiger partial charge in [-0.05, 0) is 31.0 Å². The van der Waals surface area contributed by atoms with Crippen molar-refractivity contribution < 1.29 is 4.92 Å². The van der Waals surface area contributed by atoms with Gasteiger partial charge in [0.25, 0.3) is 5.69 Å². The second kappa shape index (κ2) is 6.15. The van der Waals surface area contributed by atoms with Crippen LogP contribution in [0.3, 0.4) is 0 Å². The molecular weight excluding hydrogens is 336 g/mol. The van der Waals surface area contributed by atoms with Gasteiger partial charge < -0.3 is 4.90 Å². The number of non-ortho nitro benzene ring substituents is 1. The Labute approximate surface area is 148 Å². The predicted octanol–water partition coefficient (Wildman–Crippen LogP) is 4.42. The fraction of sp³-hybridized carbons (Fsp3) is 0.222. The minimum atomic E-state index is -0.473. The molecule has 2 heterocycles. The molecule has 1 saturated heterocycles. The fourth-order valence-corrected chi connectivity index (χ4v) is 4.44. The average Bonchev–Trinajstić information content (AvgIpc) is 3.27. The van der Waals surface area contributed by atoms with Crippen LogP contribution in [0, 0.1) is 21.4 Å². The van der Waals surface area contributed by atoms with Crippen LogP contribution in [0.4, 0.5) is 11.4 Å². The molecule has 0 N–H and O–H groups in total. The zero-order valence-corrected chi connectivity index (χ0v) is 14.1. The van der Waals surface area contributed by atoms with Crippen molar-refractivity contribution in [2.45, 2.75) is 18.9 Å².